The lowest BCUT2D eigenvalue weighted by Crippen LogP contribution is -2.37. The summed E-state index contributed by atoms with van der Waals surface area (Å²) in [5, 5.41) is 0. The second-order valence-corrected chi connectivity index (χ2v) is 17.1. The van der Waals surface area contributed by atoms with E-state index in [1.54, 1.807) is 0 Å². The number of hydrogen-bond acceptors (Lipinski definition) is 8. The fraction of sp³-hybridized carbons (Fsp3) is 0.739. The van der Waals surface area contributed by atoms with Gasteiger partial charge < -0.3 is 27.9 Å². The molecular weight excluding hydrogens is 725 g/mol. The van der Waals surface area contributed by atoms with Crippen molar-refractivity contribution in [3.05, 3.63) is 60.8 Å². The van der Waals surface area contributed by atoms with Crippen molar-refractivity contribution >= 4 is 19.8 Å². The number of hydrogen-bond donors (Lipinski definition) is 0. The van der Waals surface area contributed by atoms with E-state index in [0.29, 0.717) is 17.4 Å². The normalized spacial score (nSPS) is 14.2. The van der Waals surface area contributed by atoms with E-state index in [9.17, 15) is 19.0 Å². The van der Waals surface area contributed by atoms with Crippen molar-refractivity contribution in [3.8, 4) is 0 Å². The Morgan fingerprint density at radius 1 is 0.554 bits per heavy atom. The molecule has 0 aromatic carbocycles. The Bertz CT molecular complexity index is 1140. The Labute approximate surface area is 343 Å². The van der Waals surface area contributed by atoms with Crippen LogP contribution in [0.25, 0.3) is 0 Å². The molecule has 0 bridgehead atoms. The number of phosphoric ester groups is 1. The van der Waals surface area contributed by atoms with Gasteiger partial charge in [0.1, 0.15) is 19.8 Å². The van der Waals surface area contributed by atoms with Gasteiger partial charge in [0.25, 0.3) is 7.82 Å². The Morgan fingerprint density at radius 2 is 1.00 bits per heavy atom. The first-order valence-electron chi connectivity index (χ1n) is 22.0. The maximum Gasteiger partial charge on any atom is 0.306 e. The highest BCUT2D eigenvalue weighted by atomic mass is 31.2. The van der Waals surface area contributed by atoms with E-state index in [-0.39, 0.29) is 26.1 Å². The maximum atomic E-state index is 12.6. The number of rotatable bonds is 39. The van der Waals surface area contributed by atoms with Crippen molar-refractivity contribution in [2.24, 2.45) is 0 Å². The summed E-state index contributed by atoms with van der Waals surface area (Å²) in [6.07, 6.45) is 45.5. The van der Waals surface area contributed by atoms with Crippen LogP contribution in [-0.2, 0) is 32.7 Å². The molecule has 0 aromatic heterocycles. The zero-order chi connectivity index (χ0) is 41.4. The van der Waals surface area contributed by atoms with Gasteiger partial charge in [-0.1, -0.05) is 171 Å². The third kappa shape index (κ3) is 41.3. The average molecular weight is 808 g/mol. The minimum absolute atomic E-state index is 0.0454. The van der Waals surface area contributed by atoms with Crippen molar-refractivity contribution < 1.29 is 42.1 Å². The van der Waals surface area contributed by atoms with E-state index in [4.69, 9.17) is 18.5 Å². The fourth-order valence-electron chi connectivity index (χ4n) is 5.59. The quantitative estimate of drug-likeness (QED) is 0.0198. The summed E-state index contributed by atoms with van der Waals surface area (Å²) in [6.45, 7) is 4.07. The number of nitrogens with zero attached hydrogens (tertiary/aromatic N) is 1. The summed E-state index contributed by atoms with van der Waals surface area (Å²) < 4.78 is 33.8. The van der Waals surface area contributed by atoms with Gasteiger partial charge in [-0.3, -0.25) is 14.2 Å². The van der Waals surface area contributed by atoms with Gasteiger partial charge in [0.2, 0.25) is 0 Å². The molecule has 2 unspecified atom stereocenters. The molecule has 0 N–H and O–H groups in total. The number of carbonyl (C=O) groups is 2. The standard InChI is InChI=1S/C46H82NO8P/c1-6-8-10-12-14-16-18-20-22-23-25-27-29-31-33-35-37-39-46(49)55-44(43-54-56(50,51)53-41-40-47(3,4)5)42-52-45(48)38-36-34-32-30-28-26-24-21-19-17-15-13-11-9-7-2/h10,12,16,18,22-23,27,29,33,35,44H,6-9,11,13-15,17,19-21,24-26,28,30-32,34,36-43H2,1-5H3/b12-10-,18-16-,23-22-,29-27-,35-33-. The monoisotopic (exact) mass is 808 g/mol. The maximum absolute atomic E-state index is 12.6. The molecule has 324 valence electrons. The molecule has 0 saturated heterocycles. The van der Waals surface area contributed by atoms with Crippen LogP contribution >= 0.6 is 7.82 Å². The van der Waals surface area contributed by atoms with Crippen molar-refractivity contribution in [1.82, 2.24) is 0 Å². The lowest BCUT2D eigenvalue weighted by Gasteiger charge is -2.28. The van der Waals surface area contributed by atoms with Crippen LogP contribution in [0.2, 0.25) is 0 Å². The fourth-order valence-corrected chi connectivity index (χ4v) is 6.31. The van der Waals surface area contributed by atoms with Crippen molar-refractivity contribution in [2.45, 2.75) is 174 Å². The third-order valence-corrected chi connectivity index (χ3v) is 10.00. The molecule has 0 rings (SSSR count). The van der Waals surface area contributed by atoms with Gasteiger partial charge in [-0.25, -0.2) is 0 Å². The van der Waals surface area contributed by atoms with Gasteiger partial charge in [0, 0.05) is 12.8 Å². The van der Waals surface area contributed by atoms with Crippen molar-refractivity contribution in [1.29, 1.82) is 0 Å². The summed E-state index contributed by atoms with van der Waals surface area (Å²) in [5.74, 6) is -0.931. The topological polar surface area (TPSA) is 111 Å². The largest absolute Gasteiger partial charge is 0.756 e. The number of carbonyl (C=O) groups excluding carboxylic acids is 2. The minimum Gasteiger partial charge on any atom is -0.756 e. The summed E-state index contributed by atoms with van der Waals surface area (Å²) in [6, 6.07) is 0. The van der Waals surface area contributed by atoms with E-state index in [0.717, 1.165) is 51.4 Å². The average Bonchev–Trinajstić information content (AvgIpc) is 3.15. The molecule has 10 heteroatoms. The first-order chi connectivity index (χ1) is 27.0. The van der Waals surface area contributed by atoms with Gasteiger partial charge in [-0.05, 0) is 44.9 Å². The zero-order valence-corrected chi connectivity index (χ0v) is 37.2. The summed E-state index contributed by atoms with van der Waals surface area (Å²) >= 11 is 0. The van der Waals surface area contributed by atoms with Gasteiger partial charge in [-0.2, -0.15) is 0 Å². The molecule has 0 saturated carbocycles. The molecular formula is C46H82NO8P. The number of quaternary nitrogens is 1. The molecule has 0 aliphatic rings. The van der Waals surface area contributed by atoms with Gasteiger partial charge >= 0.3 is 11.9 Å². The molecule has 0 aliphatic carbocycles. The van der Waals surface area contributed by atoms with Gasteiger partial charge in [0.05, 0.1) is 27.7 Å². The van der Waals surface area contributed by atoms with Crippen LogP contribution in [0.4, 0.5) is 0 Å². The van der Waals surface area contributed by atoms with E-state index < -0.39 is 32.5 Å². The van der Waals surface area contributed by atoms with E-state index in [2.05, 4.69) is 62.5 Å². The Balaban J connectivity index is 4.48. The van der Waals surface area contributed by atoms with Crippen LogP contribution in [0.1, 0.15) is 168 Å². The highest BCUT2D eigenvalue weighted by Crippen LogP contribution is 2.38. The van der Waals surface area contributed by atoms with E-state index in [1.165, 1.54) is 83.5 Å². The van der Waals surface area contributed by atoms with Crippen LogP contribution in [0, 0.1) is 0 Å². The lowest BCUT2D eigenvalue weighted by molar-refractivity contribution is -0.870. The highest BCUT2D eigenvalue weighted by Gasteiger charge is 2.21. The molecule has 0 radical (unpaired) electrons. The number of esters is 2. The highest BCUT2D eigenvalue weighted by molar-refractivity contribution is 7.45. The smallest absolute Gasteiger partial charge is 0.306 e. The molecule has 56 heavy (non-hydrogen) atoms. The lowest BCUT2D eigenvalue weighted by atomic mass is 10.0. The SMILES string of the molecule is CCC/C=C\C/C=C\C/C=C\C/C=C\C/C=C\CCC(=O)OC(COC(=O)CCCCCCCCCCCCCCCCC)COP(=O)([O-])OCC[N+](C)(C)C. The number of allylic oxidation sites excluding steroid dienone is 10. The molecule has 0 aliphatic heterocycles. The van der Waals surface area contributed by atoms with Crippen LogP contribution in [0.3, 0.4) is 0 Å². The van der Waals surface area contributed by atoms with Crippen LogP contribution in [0.15, 0.2) is 60.8 Å². The number of ether oxygens (including phenoxy) is 2. The van der Waals surface area contributed by atoms with Crippen molar-refractivity contribution in [3.63, 3.8) is 0 Å². The molecule has 0 spiro atoms. The molecule has 2 atom stereocenters. The van der Waals surface area contributed by atoms with Crippen LogP contribution in [-0.4, -0.2) is 70.0 Å². The second kappa shape index (κ2) is 38.2. The molecule has 0 amide bonds. The summed E-state index contributed by atoms with van der Waals surface area (Å²) in [5.41, 5.74) is 0. The number of phosphoric acid groups is 1. The molecule has 0 fully saturated rings. The first-order valence-corrected chi connectivity index (χ1v) is 23.5. The van der Waals surface area contributed by atoms with Crippen LogP contribution < -0.4 is 4.89 Å². The zero-order valence-electron chi connectivity index (χ0n) is 36.3. The Morgan fingerprint density at radius 3 is 1.46 bits per heavy atom. The predicted octanol–water partition coefficient (Wildman–Crippen LogP) is 11.8. The number of likely N-dealkylation sites (N-methyl/N-ethyl adjacent to an activating group) is 1. The molecule has 0 aromatic rings. The minimum atomic E-state index is -4.64. The van der Waals surface area contributed by atoms with E-state index >= 15 is 0 Å². The summed E-state index contributed by atoms with van der Waals surface area (Å²) in [4.78, 5) is 37.5. The van der Waals surface area contributed by atoms with Crippen LogP contribution in [0.5, 0.6) is 0 Å². The first kappa shape index (κ1) is 53.7. The van der Waals surface area contributed by atoms with E-state index in [1.807, 2.05) is 33.3 Å². The third-order valence-electron chi connectivity index (χ3n) is 9.04. The number of unbranched alkanes of at least 4 members (excludes halogenated alkanes) is 15. The Kier molecular flexibility index (Phi) is 36.7. The van der Waals surface area contributed by atoms with Gasteiger partial charge in [0.15, 0.2) is 6.10 Å². The molecule has 0 heterocycles. The second-order valence-electron chi connectivity index (χ2n) is 15.7. The summed E-state index contributed by atoms with van der Waals surface area (Å²) in [7, 11) is 1.12. The van der Waals surface area contributed by atoms with Gasteiger partial charge in [-0.15, -0.1) is 0 Å². The molecule has 9 nitrogen and oxygen atoms in total. The Hall–Kier alpha value is -2.29. The van der Waals surface area contributed by atoms with Crippen molar-refractivity contribution in [2.75, 3.05) is 47.5 Å². The predicted molar refractivity (Wildman–Crippen MR) is 231 cm³/mol.